The van der Waals surface area contributed by atoms with Crippen molar-refractivity contribution in [2.24, 2.45) is 0 Å². The van der Waals surface area contributed by atoms with E-state index in [1.165, 1.54) is 0 Å². The van der Waals surface area contributed by atoms with Gasteiger partial charge in [-0.25, -0.2) is 8.78 Å². The highest BCUT2D eigenvalue weighted by atomic mass is 19.1. The van der Waals surface area contributed by atoms with E-state index in [4.69, 9.17) is 14.0 Å². The van der Waals surface area contributed by atoms with Crippen LogP contribution in [0, 0.1) is 11.6 Å². The molecule has 0 unspecified atom stereocenters. The van der Waals surface area contributed by atoms with Crippen molar-refractivity contribution in [2.45, 2.75) is 44.5 Å². The quantitative estimate of drug-likeness (QED) is 0.841. The lowest BCUT2D eigenvalue weighted by molar-refractivity contribution is -0.184. The van der Waals surface area contributed by atoms with Crippen molar-refractivity contribution in [1.29, 1.82) is 0 Å². The van der Waals surface area contributed by atoms with Crippen LogP contribution < -0.4 is 5.46 Å². The third-order valence-electron chi connectivity index (χ3n) is 4.79. The SMILES string of the molecule is CC1(C)OB(c2c(F)cc(C3(O)COC3)cc2F)OC1(C)C. The molecular weight excluding hydrogens is 293 g/mol. The molecule has 2 saturated heterocycles. The predicted molar refractivity (Wildman–Crippen MR) is 76.8 cm³/mol. The maximum Gasteiger partial charge on any atom is 0.500 e. The van der Waals surface area contributed by atoms with Crippen molar-refractivity contribution in [3.8, 4) is 0 Å². The second-order valence-electron chi connectivity index (χ2n) is 6.97. The minimum Gasteiger partial charge on any atom is -0.399 e. The highest BCUT2D eigenvalue weighted by molar-refractivity contribution is 6.62. The minimum absolute atomic E-state index is 0.0295. The topological polar surface area (TPSA) is 47.9 Å². The van der Waals surface area contributed by atoms with Crippen LogP contribution >= 0.6 is 0 Å². The van der Waals surface area contributed by atoms with Crippen molar-refractivity contribution in [1.82, 2.24) is 0 Å². The number of hydrogen-bond acceptors (Lipinski definition) is 4. The molecule has 1 aromatic carbocycles. The van der Waals surface area contributed by atoms with Crippen molar-refractivity contribution in [3.05, 3.63) is 29.3 Å². The van der Waals surface area contributed by atoms with Crippen LogP contribution in [0.1, 0.15) is 33.3 Å². The van der Waals surface area contributed by atoms with Crippen LogP contribution in [0.2, 0.25) is 0 Å². The summed E-state index contributed by atoms with van der Waals surface area (Å²) in [5.74, 6) is -1.59. The Bertz CT molecular complexity index is 575. The predicted octanol–water partition coefficient (Wildman–Crippen LogP) is 1.48. The summed E-state index contributed by atoms with van der Waals surface area (Å²) >= 11 is 0. The number of hydrogen-bond donors (Lipinski definition) is 1. The maximum atomic E-state index is 14.4. The molecule has 4 nitrogen and oxygen atoms in total. The second kappa shape index (κ2) is 4.74. The van der Waals surface area contributed by atoms with Crippen LogP contribution in [0.4, 0.5) is 8.78 Å². The zero-order valence-electron chi connectivity index (χ0n) is 13.1. The van der Waals surface area contributed by atoms with Crippen LogP contribution in [0.3, 0.4) is 0 Å². The van der Waals surface area contributed by atoms with E-state index in [2.05, 4.69) is 0 Å². The van der Waals surface area contributed by atoms with Gasteiger partial charge in [-0.3, -0.25) is 0 Å². The standard InChI is InChI=1S/C15H19BF2O4/c1-13(2)14(3,4)22-16(21-13)12-10(17)5-9(6-11(12)18)15(19)7-20-8-15/h5-6,19H,7-8H2,1-4H3. The molecule has 0 spiro atoms. The average molecular weight is 312 g/mol. The molecular formula is C15H19BF2O4. The van der Waals surface area contributed by atoms with Crippen molar-refractivity contribution in [2.75, 3.05) is 13.2 Å². The molecule has 0 radical (unpaired) electrons. The highest BCUT2D eigenvalue weighted by Gasteiger charge is 2.53. The van der Waals surface area contributed by atoms with Gasteiger partial charge < -0.3 is 19.2 Å². The molecule has 7 heteroatoms. The zero-order valence-corrected chi connectivity index (χ0v) is 13.1. The summed E-state index contributed by atoms with van der Waals surface area (Å²) < 4.78 is 45.1. The van der Waals surface area contributed by atoms with E-state index in [1.54, 1.807) is 0 Å². The van der Waals surface area contributed by atoms with Gasteiger partial charge in [0.25, 0.3) is 0 Å². The van der Waals surface area contributed by atoms with Gasteiger partial charge in [0, 0.05) is 0 Å². The molecule has 0 saturated carbocycles. The van der Waals surface area contributed by atoms with Gasteiger partial charge in [0.05, 0.1) is 29.9 Å². The Morgan fingerprint density at radius 1 is 1.00 bits per heavy atom. The summed E-state index contributed by atoms with van der Waals surface area (Å²) in [5.41, 5.74) is -2.80. The molecule has 0 amide bonds. The first kappa shape index (κ1) is 15.9. The number of halogens is 2. The first-order chi connectivity index (χ1) is 10.1. The number of aliphatic hydroxyl groups is 1. The smallest absolute Gasteiger partial charge is 0.399 e. The van der Waals surface area contributed by atoms with Gasteiger partial charge in [-0.1, -0.05) is 0 Å². The molecule has 1 N–H and O–H groups in total. The van der Waals surface area contributed by atoms with Crippen LogP contribution in [0.5, 0.6) is 0 Å². The summed E-state index contributed by atoms with van der Waals surface area (Å²) in [6.07, 6.45) is 0. The first-order valence-corrected chi connectivity index (χ1v) is 7.21. The Morgan fingerprint density at radius 2 is 1.45 bits per heavy atom. The summed E-state index contributed by atoms with van der Waals surface area (Å²) in [5, 5.41) is 10.1. The molecule has 1 aromatic rings. The van der Waals surface area contributed by atoms with Crippen LogP contribution in [-0.2, 0) is 19.6 Å². The molecule has 2 aliphatic rings. The number of rotatable bonds is 2. The van der Waals surface area contributed by atoms with Gasteiger partial charge in [-0.15, -0.1) is 0 Å². The van der Waals surface area contributed by atoms with Gasteiger partial charge in [0.2, 0.25) is 0 Å². The maximum absolute atomic E-state index is 14.4. The normalized spacial score (nSPS) is 25.1. The summed E-state index contributed by atoms with van der Waals surface area (Å²) in [6.45, 7) is 7.30. The lowest BCUT2D eigenvalue weighted by atomic mass is 9.76. The van der Waals surface area contributed by atoms with Gasteiger partial charge in [-0.05, 0) is 45.4 Å². The third-order valence-corrected chi connectivity index (χ3v) is 4.79. The van der Waals surface area contributed by atoms with Gasteiger partial charge >= 0.3 is 7.12 Å². The second-order valence-corrected chi connectivity index (χ2v) is 6.97. The molecule has 0 aromatic heterocycles. The van der Waals surface area contributed by atoms with E-state index in [9.17, 15) is 13.9 Å². The molecule has 3 rings (SSSR count). The van der Waals surface area contributed by atoms with E-state index >= 15 is 0 Å². The van der Waals surface area contributed by atoms with Crippen molar-refractivity contribution < 1.29 is 27.9 Å². The van der Waals surface area contributed by atoms with E-state index in [-0.39, 0.29) is 24.2 Å². The van der Waals surface area contributed by atoms with Gasteiger partial charge in [-0.2, -0.15) is 0 Å². The molecule has 2 aliphatic heterocycles. The lowest BCUT2D eigenvalue weighted by Crippen LogP contribution is -2.47. The molecule has 0 bridgehead atoms. The van der Waals surface area contributed by atoms with Crippen LogP contribution in [0.15, 0.2) is 12.1 Å². The Balaban J connectivity index is 1.96. The fraction of sp³-hybridized carbons (Fsp3) is 0.600. The molecule has 2 heterocycles. The average Bonchev–Trinajstić information content (AvgIpc) is 2.54. The monoisotopic (exact) mass is 312 g/mol. The molecule has 22 heavy (non-hydrogen) atoms. The lowest BCUT2D eigenvalue weighted by Gasteiger charge is -2.36. The van der Waals surface area contributed by atoms with Crippen LogP contribution in [-0.4, -0.2) is 36.6 Å². The fourth-order valence-corrected chi connectivity index (χ4v) is 2.50. The van der Waals surface area contributed by atoms with Crippen LogP contribution in [0.25, 0.3) is 0 Å². The largest absolute Gasteiger partial charge is 0.500 e. The zero-order chi connectivity index (χ0) is 16.3. The number of benzene rings is 1. The molecule has 2 fully saturated rings. The van der Waals surface area contributed by atoms with Crippen molar-refractivity contribution >= 4 is 12.6 Å². The number of ether oxygens (including phenoxy) is 1. The molecule has 0 aliphatic carbocycles. The Kier molecular flexibility index (Phi) is 3.42. The Labute approximate surface area is 128 Å². The van der Waals surface area contributed by atoms with E-state index in [0.29, 0.717) is 0 Å². The molecule has 0 atom stereocenters. The fourth-order valence-electron chi connectivity index (χ4n) is 2.50. The van der Waals surface area contributed by atoms with Gasteiger partial charge in [0.1, 0.15) is 17.2 Å². The minimum atomic E-state index is -1.32. The Hall–Kier alpha value is -1.02. The van der Waals surface area contributed by atoms with E-state index in [1.807, 2.05) is 27.7 Å². The molecule has 120 valence electrons. The summed E-state index contributed by atoms with van der Waals surface area (Å²) in [6, 6.07) is 2.23. The van der Waals surface area contributed by atoms with Gasteiger partial charge in [0.15, 0.2) is 0 Å². The van der Waals surface area contributed by atoms with E-state index < -0.39 is 35.6 Å². The summed E-state index contributed by atoms with van der Waals surface area (Å²) in [4.78, 5) is 0. The van der Waals surface area contributed by atoms with E-state index in [0.717, 1.165) is 12.1 Å². The highest BCUT2D eigenvalue weighted by Crippen LogP contribution is 2.37. The first-order valence-electron chi connectivity index (χ1n) is 7.21. The van der Waals surface area contributed by atoms with Crippen molar-refractivity contribution in [3.63, 3.8) is 0 Å². The third kappa shape index (κ3) is 2.27. The Morgan fingerprint density at radius 3 is 1.82 bits per heavy atom. The summed E-state index contributed by atoms with van der Waals surface area (Å²) in [7, 11) is -1.12.